The molecule has 7 heteroatoms. The van der Waals surface area contributed by atoms with Gasteiger partial charge in [-0.2, -0.15) is 13.2 Å². The lowest BCUT2D eigenvalue weighted by atomic mass is 10.2. The van der Waals surface area contributed by atoms with Crippen molar-refractivity contribution < 1.29 is 17.9 Å². The van der Waals surface area contributed by atoms with E-state index in [2.05, 4.69) is 20.0 Å². The lowest BCUT2D eigenvalue weighted by molar-refractivity contribution is -0.216. The van der Waals surface area contributed by atoms with Crippen LogP contribution in [0.25, 0.3) is 0 Å². The summed E-state index contributed by atoms with van der Waals surface area (Å²) >= 11 is 0. The number of hydrogen-bond acceptors (Lipinski definition) is 4. The number of methoxy groups -OCH3 is 1. The smallest absolute Gasteiger partial charge is 0.367 e. The third kappa shape index (κ3) is 2.79. The van der Waals surface area contributed by atoms with Gasteiger partial charge in [-0.05, 0) is 0 Å². The molecule has 0 saturated heterocycles. The summed E-state index contributed by atoms with van der Waals surface area (Å²) in [4.78, 5) is 7.35. The molecule has 84 valence electrons. The largest absolute Gasteiger partial charge is 0.418 e. The lowest BCUT2D eigenvalue weighted by Gasteiger charge is -2.18. The topological polar surface area (TPSA) is 47.0 Å². The molecule has 0 saturated carbocycles. The van der Waals surface area contributed by atoms with Gasteiger partial charge in [0.1, 0.15) is 0 Å². The summed E-state index contributed by atoms with van der Waals surface area (Å²) in [7, 11) is 2.57. The summed E-state index contributed by atoms with van der Waals surface area (Å²) in [5, 5.41) is 2.61. The van der Waals surface area contributed by atoms with Crippen molar-refractivity contribution >= 4 is 5.95 Å². The van der Waals surface area contributed by atoms with Gasteiger partial charge in [-0.1, -0.05) is 0 Å². The van der Waals surface area contributed by atoms with E-state index in [0.29, 0.717) is 0 Å². The number of anilines is 1. The van der Waals surface area contributed by atoms with E-state index in [1.165, 1.54) is 0 Å². The van der Waals surface area contributed by atoms with E-state index < -0.39 is 12.3 Å². The number of nitrogens with zero attached hydrogens (tertiary/aromatic N) is 2. The molecule has 0 radical (unpaired) electrons. The molecule has 4 nitrogen and oxygen atoms in total. The van der Waals surface area contributed by atoms with E-state index in [1.54, 1.807) is 7.05 Å². The van der Waals surface area contributed by atoms with Gasteiger partial charge in [-0.15, -0.1) is 0 Å². The molecule has 0 aliphatic carbocycles. The zero-order chi connectivity index (χ0) is 11.5. The number of nitrogens with one attached hydrogen (secondary N) is 1. The minimum Gasteiger partial charge on any atom is -0.367 e. The number of alkyl halides is 3. The number of aromatic nitrogens is 2. The van der Waals surface area contributed by atoms with Crippen LogP contribution in [0.3, 0.4) is 0 Å². The Morgan fingerprint density at radius 1 is 1.33 bits per heavy atom. The maximum Gasteiger partial charge on any atom is 0.418 e. The average molecular weight is 221 g/mol. The third-order valence-electron chi connectivity index (χ3n) is 1.73. The molecule has 0 amide bonds. The molecule has 0 fully saturated rings. The Morgan fingerprint density at radius 3 is 2.20 bits per heavy atom. The van der Waals surface area contributed by atoms with Crippen LogP contribution in [0.2, 0.25) is 0 Å². The molecule has 0 bridgehead atoms. The molecule has 0 spiro atoms. The summed E-state index contributed by atoms with van der Waals surface area (Å²) in [6.45, 7) is 0. The van der Waals surface area contributed by atoms with E-state index in [4.69, 9.17) is 0 Å². The van der Waals surface area contributed by atoms with Crippen molar-refractivity contribution in [3.8, 4) is 0 Å². The molecule has 0 aliphatic heterocycles. The Bertz CT molecular complexity index is 312. The highest BCUT2D eigenvalue weighted by atomic mass is 19.4. The van der Waals surface area contributed by atoms with Crippen molar-refractivity contribution in [1.82, 2.24) is 9.97 Å². The standard InChI is InChI=1S/C8H10F3N3O/c1-12-7-13-3-5(4-14-7)6(15-2)8(9,10)11/h3-4,6H,1-2H3,(H,12,13,14). The highest BCUT2D eigenvalue weighted by molar-refractivity contribution is 5.24. The molecule has 1 rings (SSSR count). The van der Waals surface area contributed by atoms with Gasteiger partial charge in [0.15, 0.2) is 6.10 Å². The molecule has 1 N–H and O–H groups in total. The fraction of sp³-hybridized carbons (Fsp3) is 0.500. The van der Waals surface area contributed by atoms with Crippen LogP contribution in [-0.2, 0) is 4.74 Å². The summed E-state index contributed by atoms with van der Waals surface area (Å²) in [6.07, 6.45) is -4.27. The summed E-state index contributed by atoms with van der Waals surface area (Å²) < 4.78 is 41.5. The Kier molecular flexibility index (Phi) is 3.46. The van der Waals surface area contributed by atoms with Crippen molar-refractivity contribution in [3.63, 3.8) is 0 Å². The first-order chi connectivity index (χ1) is 6.99. The Labute approximate surface area is 84.5 Å². The first-order valence-corrected chi connectivity index (χ1v) is 4.08. The second-order valence-corrected chi connectivity index (χ2v) is 2.75. The fourth-order valence-electron chi connectivity index (χ4n) is 1.06. The second-order valence-electron chi connectivity index (χ2n) is 2.75. The highest BCUT2D eigenvalue weighted by Crippen LogP contribution is 2.34. The molecule has 0 aliphatic rings. The first kappa shape index (κ1) is 11.7. The first-order valence-electron chi connectivity index (χ1n) is 4.08. The summed E-state index contributed by atoms with van der Waals surface area (Å²) in [5.41, 5.74) is -0.121. The highest BCUT2D eigenvalue weighted by Gasteiger charge is 2.41. The van der Waals surface area contributed by atoms with Crippen LogP contribution in [0, 0.1) is 0 Å². The van der Waals surface area contributed by atoms with Crippen LogP contribution in [0.5, 0.6) is 0 Å². The van der Waals surface area contributed by atoms with Gasteiger partial charge < -0.3 is 10.1 Å². The van der Waals surface area contributed by atoms with Crippen LogP contribution in [0.15, 0.2) is 12.4 Å². The van der Waals surface area contributed by atoms with Gasteiger partial charge in [0, 0.05) is 32.1 Å². The van der Waals surface area contributed by atoms with Crippen LogP contribution >= 0.6 is 0 Å². The van der Waals surface area contributed by atoms with E-state index in [1.807, 2.05) is 0 Å². The lowest BCUT2D eigenvalue weighted by Crippen LogP contribution is -2.22. The normalized spacial score (nSPS) is 13.7. The number of ether oxygens (including phenoxy) is 1. The maximum absolute atomic E-state index is 12.4. The van der Waals surface area contributed by atoms with Crippen LogP contribution in [-0.4, -0.2) is 30.3 Å². The zero-order valence-corrected chi connectivity index (χ0v) is 8.17. The monoisotopic (exact) mass is 221 g/mol. The van der Waals surface area contributed by atoms with Gasteiger partial charge in [0.25, 0.3) is 0 Å². The molecule has 1 aromatic heterocycles. The van der Waals surface area contributed by atoms with Gasteiger partial charge >= 0.3 is 6.18 Å². The fourth-order valence-corrected chi connectivity index (χ4v) is 1.06. The molecule has 1 atom stereocenters. The van der Waals surface area contributed by atoms with Gasteiger partial charge in [-0.25, -0.2) is 9.97 Å². The van der Waals surface area contributed by atoms with Gasteiger partial charge in [0.2, 0.25) is 5.95 Å². The molecule has 0 aromatic carbocycles. The Hall–Kier alpha value is -1.37. The maximum atomic E-state index is 12.4. The van der Waals surface area contributed by atoms with Crippen molar-refractivity contribution in [2.24, 2.45) is 0 Å². The predicted octanol–water partition coefficient (Wildman–Crippen LogP) is 1.77. The van der Waals surface area contributed by atoms with Crippen LogP contribution in [0.4, 0.5) is 19.1 Å². The summed E-state index contributed by atoms with van der Waals surface area (Å²) in [5.74, 6) is 0.260. The van der Waals surface area contributed by atoms with E-state index in [9.17, 15) is 13.2 Å². The van der Waals surface area contributed by atoms with Crippen molar-refractivity contribution in [1.29, 1.82) is 0 Å². The second kappa shape index (κ2) is 4.43. The van der Waals surface area contributed by atoms with Crippen LogP contribution in [0.1, 0.15) is 11.7 Å². The molecule has 15 heavy (non-hydrogen) atoms. The van der Waals surface area contributed by atoms with Gasteiger partial charge in [-0.3, -0.25) is 0 Å². The van der Waals surface area contributed by atoms with Crippen molar-refractivity contribution in [2.45, 2.75) is 12.3 Å². The van der Waals surface area contributed by atoms with E-state index in [-0.39, 0.29) is 11.5 Å². The Morgan fingerprint density at radius 2 is 1.87 bits per heavy atom. The van der Waals surface area contributed by atoms with Crippen molar-refractivity contribution in [2.75, 3.05) is 19.5 Å². The number of halogens is 3. The number of hydrogen-bond donors (Lipinski definition) is 1. The van der Waals surface area contributed by atoms with Crippen molar-refractivity contribution in [3.05, 3.63) is 18.0 Å². The molecule has 1 unspecified atom stereocenters. The minimum absolute atomic E-state index is 0.121. The number of rotatable bonds is 3. The minimum atomic E-state index is -4.46. The average Bonchev–Trinajstić information content (AvgIpc) is 2.18. The molecule has 1 aromatic rings. The predicted molar refractivity (Wildman–Crippen MR) is 47.4 cm³/mol. The quantitative estimate of drug-likeness (QED) is 0.844. The third-order valence-corrected chi connectivity index (χ3v) is 1.73. The van der Waals surface area contributed by atoms with E-state index >= 15 is 0 Å². The molecular formula is C8H10F3N3O. The molecule has 1 heterocycles. The summed E-state index contributed by atoms with van der Waals surface area (Å²) in [6, 6.07) is 0. The van der Waals surface area contributed by atoms with Crippen LogP contribution < -0.4 is 5.32 Å². The Balaban J connectivity index is 2.93. The van der Waals surface area contributed by atoms with Gasteiger partial charge in [0.05, 0.1) is 0 Å². The zero-order valence-electron chi connectivity index (χ0n) is 8.17. The SMILES string of the molecule is CNc1ncc(C(OC)C(F)(F)F)cn1. The van der Waals surface area contributed by atoms with E-state index in [0.717, 1.165) is 19.5 Å². The molecular weight excluding hydrogens is 211 g/mol.